The quantitative estimate of drug-likeness (QED) is 0.259. The number of hydrogen-bond donors (Lipinski definition) is 0. The molecule has 2 nitrogen and oxygen atoms in total. The molecule has 0 aliphatic rings. The van der Waals surface area contributed by atoms with E-state index in [2.05, 4.69) is 62.2 Å². The molecule has 0 aliphatic carbocycles. The average molecular weight is 410 g/mol. The molecule has 0 fully saturated rings. The van der Waals surface area contributed by atoms with Gasteiger partial charge in [-0.25, -0.2) is 0 Å². The van der Waals surface area contributed by atoms with Gasteiger partial charge < -0.3 is 4.74 Å². The molecule has 2 heteroatoms. The molecule has 1 atom stereocenters. The van der Waals surface area contributed by atoms with Crippen molar-refractivity contribution >= 4 is 0 Å². The second-order valence-corrected chi connectivity index (χ2v) is 8.79. The van der Waals surface area contributed by atoms with Crippen LogP contribution in [0, 0.1) is 5.92 Å². The largest absolute Gasteiger partial charge is 0.494 e. The Balaban J connectivity index is 1.67. The first-order chi connectivity index (χ1) is 14.7. The number of unbranched alkanes of at least 4 members (excludes halogenated alkanes) is 7. The van der Waals surface area contributed by atoms with Crippen LogP contribution in [0.3, 0.4) is 0 Å². The molecule has 2 rings (SSSR count). The molecule has 0 N–H and O–H groups in total. The van der Waals surface area contributed by atoms with Gasteiger partial charge in [0.2, 0.25) is 0 Å². The predicted molar refractivity (Wildman–Crippen MR) is 130 cm³/mol. The van der Waals surface area contributed by atoms with E-state index >= 15 is 0 Å². The molecule has 1 heterocycles. The maximum atomic E-state index is 5.89. The second kappa shape index (κ2) is 15.0. The Kier molecular flexibility index (Phi) is 12.3. The lowest BCUT2D eigenvalue weighted by molar-refractivity contribution is 0.294. The molecule has 0 radical (unpaired) electrons. The van der Waals surface area contributed by atoms with Crippen LogP contribution < -0.4 is 4.74 Å². The van der Waals surface area contributed by atoms with E-state index in [-0.39, 0.29) is 0 Å². The highest BCUT2D eigenvalue weighted by atomic mass is 16.5. The van der Waals surface area contributed by atoms with Gasteiger partial charge in [-0.2, -0.15) is 0 Å². The van der Waals surface area contributed by atoms with Crippen molar-refractivity contribution in [3.05, 3.63) is 48.3 Å². The van der Waals surface area contributed by atoms with E-state index in [1.807, 2.05) is 6.20 Å². The van der Waals surface area contributed by atoms with Gasteiger partial charge in [0.15, 0.2) is 0 Å². The van der Waals surface area contributed by atoms with Crippen LogP contribution in [0.1, 0.15) is 97.1 Å². The molecule has 30 heavy (non-hydrogen) atoms. The summed E-state index contributed by atoms with van der Waals surface area (Å²) >= 11 is 0. The summed E-state index contributed by atoms with van der Waals surface area (Å²) in [6.45, 7) is 7.64. The molecule has 0 unspecified atom stereocenters. The third-order valence-corrected chi connectivity index (χ3v) is 6.11. The highest BCUT2D eigenvalue weighted by Crippen LogP contribution is 2.23. The number of pyridine rings is 1. The number of ether oxygens (including phenoxy) is 1. The summed E-state index contributed by atoms with van der Waals surface area (Å²) in [4.78, 5) is 4.69. The fraction of sp³-hybridized carbons (Fsp3) is 0.607. The van der Waals surface area contributed by atoms with Gasteiger partial charge in [0, 0.05) is 17.5 Å². The van der Waals surface area contributed by atoms with Crippen molar-refractivity contribution in [3.8, 4) is 16.9 Å². The van der Waals surface area contributed by atoms with Gasteiger partial charge >= 0.3 is 0 Å². The van der Waals surface area contributed by atoms with Gasteiger partial charge in [0.25, 0.3) is 0 Å². The van der Waals surface area contributed by atoms with Gasteiger partial charge in [-0.1, -0.05) is 90.3 Å². The fourth-order valence-electron chi connectivity index (χ4n) is 3.75. The molecule has 1 aromatic heterocycles. The Bertz CT molecular complexity index is 662. The van der Waals surface area contributed by atoms with E-state index in [1.165, 1.54) is 81.0 Å². The highest BCUT2D eigenvalue weighted by molar-refractivity contribution is 5.63. The smallest absolute Gasteiger partial charge is 0.119 e. The second-order valence-electron chi connectivity index (χ2n) is 8.79. The number of hydrogen-bond acceptors (Lipinski definition) is 2. The van der Waals surface area contributed by atoms with Crippen LogP contribution in [0.5, 0.6) is 5.75 Å². The van der Waals surface area contributed by atoms with E-state index < -0.39 is 0 Å². The lowest BCUT2D eigenvalue weighted by atomic mass is 10.0. The zero-order valence-corrected chi connectivity index (χ0v) is 19.7. The van der Waals surface area contributed by atoms with Crippen molar-refractivity contribution in [1.82, 2.24) is 4.98 Å². The van der Waals surface area contributed by atoms with E-state index in [0.717, 1.165) is 31.1 Å². The van der Waals surface area contributed by atoms with Crippen LogP contribution in [0.4, 0.5) is 0 Å². The molecule has 0 aliphatic heterocycles. The Morgan fingerprint density at radius 2 is 1.43 bits per heavy atom. The Labute approximate surface area is 185 Å². The van der Waals surface area contributed by atoms with E-state index in [4.69, 9.17) is 4.74 Å². The number of nitrogens with zero attached hydrogens (tertiary/aromatic N) is 1. The minimum absolute atomic E-state index is 0.794. The number of aromatic nitrogens is 1. The molecule has 0 saturated heterocycles. The first kappa shape index (κ1) is 24.4. The molecule has 2 aromatic rings. The topological polar surface area (TPSA) is 22.1 Å². The predicted octanol–water partition coefficient (Wildman–Crippen LogP) is 8.64. The van der Waals surface area contributed by atoms with Gasteiger partial charge in [-0.3, -0.25) is 4.98 Å². The molecule has 1 aromatic carbocycles. The van der Waals surface area contributed by atoms with Gasteiger partial charge in [-0.15, -0.1) is 0 Å². The van der Waals surface area contributed by atoms with Crippen molar-refractivity contribution in [2.45, 2.75) is 97.8 Å². The lowest BCUT2D eigenvalue weighted by Gasteiger charge is -2.10. The van der Waals surface area contributed by atoms with Crippen molar-refractivity contribution in [2.75, 3.05) is 6.61 Å². The zero-order chi connectivity index (χ0) is 21.4. The van der Waals surface area contributed by atoms with Crippen LogP contribution in [0.25, 0.3) is 11.1 Å². The molecule has 0 spiro atoms. The summed E-state index contributed by atoms with van der Waals surface area (Å²) in [5.74, 6) is 1.75. The molecule has 0 bridgehead atoms. The zero-order valence-electron chi connectivity index (χ0n) is 19.7. The van der Waals surface area contributed by atoms with Gasteiger partial charge in [0.05, 0.1) is 6.61 Å². The minimum Gasteiger partial charge on any atom is -0.494 e. The number of aryl methyl sites for hydroxylation is 1. The first-order valence-corrected chi connectivity index (χ1v) is 12.4. The summed E-state index contributed by atoms with van der Waals surface area (Å²) in [5, 5.41) is 0. The average Bonchev–Trinajstić information content (AvgIpc) is 2.79. The van der Waals surface area contributed by atoms with Crippen molar-refractivity contribution in [1.29, 1.82) is 0 Å². The van der Waals surface area contributed by atoms with Crippen molar-refractivity contribution < 1.29 is 4.74 Å². The Hall–Kier alpha value is -1.83. The Morgan fingerprint density at radius 3 is 2.07 bits per heavy atom. The van der Waals surface area contributed by atoms with Gasteiger partial charge in [0.1, 0.15) is 5.75 Å². The monoisotopic (exact) mass is 409 g/mol. The van der Waals surface area contributed by atoms with E-state index in [0.29, 0.717) is 0 Å². The molecule has 0 amide bonds. The summed E-state index contributed by atoms with van der Waals surface area (Å²) in [6, 6.07) is 12.8. The maximum Gasteiger partial charge on any atom is 0.119 e. The minimum atomic E-state index is 0.794. The van der Waals surface area contributed by atoms with E-state index in [1.54, 1.807) is 0 Å². The summed E-state index contributed by atoms with van der Waals surface area (Å²) in [6.07, 6.45) is 17.6. The molecular formula is C28H43NO. The fourth-order valence-corrected chi connectivity index (χ4v) is 3.75. The standard InChI is InChI=1S/C28H43NO/c1-4-6-7-8-9-10-11-12-15-27-19-16-26(23-29-27)25-17-20-28(21-18-25)30-22-13-14-24(3)5-2/h16-21,23-24H,4-15,22H2,1-3H3/t24-/m0/s1. The van der Waals surface area contributed by atoms with Crippen LogP contribution in [-0.2, 0) is 6.42 Å². The van der Waals surface area contributed by atoms with Crippen molar-refractivity contribution in [3.63, 3.8) is 0 Å². The SMILES string of the molecule is CCCCCCCCCCc1ccc(-c2ccc(OCCC[C@@H](C)CC)cc2)cn1. The highest BCUT2D eigenvalue weighted by Gasteiger charge is 2.02. The van der Waals surface area contributed by atoms with Gasteiger partial charge in [-0.05, 0) is 55.4 Å². The summed E-state index contributed by atoms with van der Waals surface area (Å²) in [5.41, 5.74) is 3.59. The third kappa shape index (κ3) is 9.78. The van der Waals surface area contributed by atoms with Crippen LogP contribution in [-0.4, -0.2) is 11.6 Å². The normalized spacial score (nSPS) is 12.1. The van der Waals surface area contributed by atoms with E-state index in [9.17, 15) is 0 Å². The molecule has 0 saturated carbocycles. The first-order valence-electron chi connectivity index (χ1n) is 12.4. The number of rotatable bonds is 16. The van der Waals surface area contributed by atoms with Crippen LogP contribution in [0.15, 0.2) is 42.6 Å². The maximum absolute atomic E-state index is 5.89. The number of benzene rings is 1. The molecule has 166 valence electrons. The Morgan fingerprint density at radius 1 is 0.767 bits per heavy atom. The lowest BCUT2D eigenvalue weighted by Crippen LogP contribution is -2.00. The van der Waals surface area contributed by atoms with Crippen molar-refractivity contribution in [2.24, 2.45) is 5.92 Å². The third-order valence-electron chi connectivity index (χ3n) is 6.11. The summed E-state index contributed by atoms with van der Waals surface area (Å²) in [7, 11) is 0. The van der Waals surface area contributed by atoms with Crippen LogP contribution >= 0.6 is 0 Å². The van der Waals surface area contributed by atoms with Crippen LogP contribution in [0.2, 0.25) is 0 Å². The summed E-state index contributed by atoms with van der Waals surface area (Å²) < 4.78 is 5.89. The molecular weight excluding hydrogens is 366 g/mol.